The van der Waals surface area contributed by atoms with Crippen molar-refractivity contribution in [2.24, 2.45) is 4.99 Å². The van der Waals surface area contributed by atoms with E-state index in [1.165, 1.54) is 11.3 Å². The van der Waals surface area contributed by atoms with Crippen LogP contribution in [0.2, 0.25) is 0 Å². The van der Waals surface area contributed by atoms with Gasteiger partial charge in [0.2, 0.25) is 0 Å². The van der Waals surface area contributed by atoms with Crippen LogP contribution in [0.25, 0.3) is 6.08 Å². The summed E-state index contributed by atoms with van der Waals surface area (Å²) in [5, 5.41) is 0. The van der Waals surface area contributed by atoms with Gasteiger partial charge >= 0.3 is 5.97 Å². The van der Waals surface area contributed by atoms with Crippen molar-refractivity contribution in [1.82, 2.24) is 4.57 Å². The van der Waals surface area contributed by atoms with Crippen LogP contribution >= 0.6 is 11.3 Å². The fraction of sp³-hybridized carbons (Fsp3) is 0.306. The third-order valence-corrected chi connectivity index (χ3v) is 8.65. The summed E-state index contributed by atoms with van der Waals surface area (Å²) in [5.74, 6) is 1.68. The molecule has 1 aromatic heterocycles. The first-order chi connectivity index (χ1) is 22.4. The van der Waals surface area contributed by atoms with E-state index in [0.29, 0.717) is 50.2 Å². The Morgan fingerprint density at radius 1 is 0.913 bits per heavy atom. The molecule has 0 N–H and O–H groups in total. The van der Waals surface area contributed by atoms with Crippen molar-refractivity contribution in [3.8, 4) is 23.0 Å². The average Bonchev–Trinajstić information content (AvgIpc) is 3.38. The molecule has 1 unspecified atom stereocenters. The van der Waals surface area contributed by atoms with Crippen molar-refractivity contribution >= 4 is 23.4 Å². The molecule has 240 valence electrons. The molecule has 0 saturated heterocycles. The Morgan fingerprint density at radius 2 is 1.63 bits per heavy atom. The first kappa shape index (κ1) is 32.6. The number of hydrogen-bond acceptors (Lipinski definition) is 9. The van der Waals surface area contributed by atoms with Crippen LogP contribution in [0.4, 0.5) is 0 Å². The molecule has 1 atom stereocenters. The Morgan fingerprint density at radius 3 is 2.35 bits per heavy atom. The minimum Gasteiger partial charge on any atom is -0.493 e. The van der Waals surface area contributed by atoms with Crippen LogP contribution in [0.15, 0.2) is 87.8 Å². The molecule has 3 aromatic carbocycles. The first-order valence-corrected chi connectivity index (χ1v) is 16.0. The zero-order valence-corrected chi connectivity index (χ0v) is 27.5. The lowest BCUT2D eigenvalue weighted by atomic mass is 9.95. The second-order valence-corrected chi connectivity index (χ2v) is 11.7. The van der Waals surface area contributed by atoms with Gasteiger partial charge in [-0.25, -0.2) is 9.79 Å². The normalized spacial score (nSPS) is 14.4. The van der Waals surface area contributed by atoms with Gasteiger partial charge < -0.3 is 23.7 Å². The monoisotopic (exact) mass is 642 g/mol. The summed E-state index contributed by atoms with van der Waals surface area (Å²) in [6.07, 6.45) is 4.86. The fourth-order valence-electron chi connectivity index (χ4n) is 5.30. The molecule has 0 bridgehead atoms. The van der Waals surface area contributed by atoms with Gasteiger partial charge in [0.05, 0.1) is 49.8 Å². The summed E-state index contributed by atoms with van der Waals surface area (Å²) in [5.41, 5.74) is 2.73. The molecule has 46 heavy (non-hydrogen) atoms. The topological polar surface area (TPSA) is 97.6 Å². The van der Waals surface area contributed by atoms with E-state index >= 15 is 0 Å². The van der Waals surface area contributed by atoms with Gasteiger partial charge in [-0.15, -0.1) is 0 Å². The number of unbranched alkanes of at least 4 members (excludes halogenated alkanes) is 2. The summed E-state index contributed by atoms with van der Waals surface area (Å²) in [7, 11) is 4.70. The largest absolute Gasteiger partial charge is 0.493 e. The number of benzene rings is 3. The number of carbonyl (C=O) groups excluding carboxylic acids is 1. The van der Waals surface area contributed by atoms with E-state index in [1.54, 1.807) is 51.0 Å². The van der Waals surface area contributed by atoms with E-state index in [9.17, 15) is 9.59 Å². The molecule has 0 radical (unpaired) electrons. The number of thiazole rings is 1. The maximum absolute atomic E-state index is 14.2. The number of ether oxygens (including phenoxy) is 5. The molecule has 10 heteroatoms. The standard InChI is InChI=1S/C36H38N2O7S/c1-6-7-11-18-44-28-17-15-26(21-30(28)43-5)33-32(35(40)45-22-24-12-9-8-10-13-24)23(2)37-36-38(33)34(39)31(46-36)20-25-14-16-27(41-3)29(19-25)42-4/h8-10,12-17,19-21,33H,6-7,11,18,22H2,1-5H3. The van der Waals surface area contributed by atoms with Gasteiger partial charge in [-0.2, -0.15) is 0 Å². The van der Waals surface area contributed by atoms with Crippen LogP contribution in [0, 0.1) is 0 Å². The molecule has 0 amide bonds. The number of methoxy groups -OCH3 is 3. The number of esters is 1. The Kier molecular flexibility index (Phi) is 10.6. The predicted octanol–water partition coefficient (Wildman–Crippen LogP) is 5.57. The molecule has 9 nitrogen and oxygen atoms in total. The SMILES string of the molecule is CCCCCOc1ccc(C2C(C(=O)OCc3ccccc3)=C(C)N=c3sc(=Cc4ccc(OC)c(OC)c4)c(=O)n32)cc1OC. The second kappa shape index (κ2) is 15.0. The average molecular weight is 643 g/mol. The molecule has 0 spiro atoms. The number of nitrogens with zero attached hydrogens (tertiary/aromatic N) is 2. The smallest absolute Gasteiger partial charge is 0.338 e. The molecule has 2 heterocycles. The minimum absolute atomic E-state index is 0.0841. The van der Waals surface area contributed by atoms with Gasteiger partial charge in [-0.3, -0.25) is 9.36 Å². The Balaban J connectivity index is 1.60. The van der Waals surface area contributed by atoms with Crippen molar-refractivity contribution in [3.63, 3.8) is 0 Å². The van der Waals surface area contributed by atoms with Gasteiger partial charge in [0.15, 0.2) is 27.8 Å². The second-order valence-electron chi connectivity index (χ2n) is 10.7. The van der Waals surface area contributed by atoms with Crippen LogP contribution in [0.5, 0.6) is 23.0 Å². The number of rotatable bonds is 13. The van der Waals surface area contributed by atoms with Gasteiger partial charge in [0, 0.05) is 0 Å². The van der Waals surface area contributed by atoms with Gasteiger partial charge in [0.25, 0.3) is 5.56 Å². The van der Waals surface area contributed by atoms with E-state index < -0.39 is 12.0 Å². The highest BCUT2D eigenvalue weighted by Crippen LogP contribution is 2.36. The molecule has 0 fully saturated rings. The third kappa shape index (κ3) is 7.02. The molecular weight excluding hydrogens is 604 g/mol. The van der Waals surface area contributed by atoms with Crippen molar-refractivity contribution in [3.05, 3.63) is 114 Å². The summed E-state index contributed by atoms with van der Waals surface area (Å²) in [4.78, 5) is 33.1. The Bertz CT molecular complexity index is 1910. The van der Waals surface area contributed by atoms with Crippen LogP contribution in [-0.4, -0.2) is 38.5 Å². The lowest BCUT2D eigenvalue weighted by molar-refractivity contribution is -0.140. The summed E-state index contributed by atoms with van der Waals surface area (Å²) < 4.78 is 30.3. The predicted molar refractivity (Wildman–Crippen MR) is 178 cm³/mol. The van der Waals surface area contributed by atoms with Crippen molar-refractivity contribution in [1.29, 1.82) is 0 Å². The molecule has 1 aliphatic rings. The highest BCUT2D eigenvalue weighted by Gasteiger charge is 2.34. The highest BCUT2D eigenvalue weighted by molar-refractivity contribution is 7.07. The van der Waals surface area contributed by atoms with E-state index in [4.69, 9.17) is 28.7 Å². The maximum Gasteiger partial charge on any atom is 0.338 e. The molecule has 4 aromatic rings. The Hall–Kier alpha value is -4.83. The summed E-state index contributed by atoms with van der Waals surface area (Å²) >= 11 is 1.25. The van der Waals surface area contributed by atoms with Crippen molar-refractivity contribution in [2.75, 3.05) is 27.9 Å². The fourth-order valence-corrected chi connectivity index (χ4v) is 6.35. The van der Waals surface area contributed by atoms with Gasteiger partial charge in [-0.05, 0) is 60.4 Å². The first-order valence-electron chi connectivity index (χ1n) is 15.1. The van der Waals surface area contributed by atoms with Crippen LogP contribution in [0.3, 0.4) is 0 Å². The zero-order chi connectivity index (χ0) is 32.6. The number of fused-ring (bicyclic) bond motifs is 1. The minimum atomic E-state index is -0.810. The van der Waals surface area contributed by atoms with Crippen molar-refractivity contribution < 1.29 is 28.5 Å². The lowest BCUT2D eigenvalue weighted by Gasteiger charge is -2.25. The highest BCUT2D eigenvalue weighted by atomic mass is 32.1. The Labute approximate surface area is 272 Å². The van der Waals surface area contributed by atoms with Crippen LogP contribution in [0.1, 0.15) is 55.8 Å². The molecule has 5 rings (SSSR count). The molecule has 0 aliphatic carbocycles. The number of carbonyl (C=O) groups is 1. The number of allylic oxidation sites excluding steroid dienone is 1. The summed E-state index contributed by atoms with van der Waals surface area (Å²) in [6, 6.07) is 19.6. The maximum atomic E-state index is 14.2. The van der Waals surface area contributed by atoms with Crippen LogP contribution in [-0.2, 0) is 16.1 Å². The van der Waals surface area contributed by atoms with E-state index in [2.05, 4.69) is 6.92 Å². The van der Waals surface area contributed by atoms with E-state index in [-0.39, 0.29) is 17.7 Å². The lowest BCUT2D eigenvalue weighted by Crippen LogP contribution is -2.39. The molecular formula is C36H38N2O7S. The summed E-state index contributed by atoms with van der Waals surface area (Å²) in [6.45, 7) is 4.55. The zero-order valence-electron chi connectivity index (χ0n) is 26.7. The van der Waals surface area contributed by atoms with Crippen LogP contribution < -0.4 is 33.8 Å². The van der Waals surface area contributed by atoms with Gasteiger partial charge in [-0.1, -0.05) is 73.6 Å². The number of hydrogen-bond donors (Lipinski definition) is 0. The molecule has 0 saturated carbocycles. The van der Waals surface area contributed by atoms with Crippen molar-refractivity contribution in [2.45, 2.75) is 45.8 Å². The van der Waals surface area contributed by atoms with E-state index in [1.807, 2.05) is 54.6 Å². The van der Waals surface area contributed by atoms with E-state index in [0.717, 1.165) is 30.4 Å². The quantitative estimate of drug-likeness (QED) is 0.139. The molecule has 1 aliphatic heterocycles. The third-order valence-electron chi connectivity index (χ3n) is 7.67. The van der Waals surface area contributed by atoms with Gasteiger partial charge in [0.1, 0.15) is 6.61 Å². The number of aromatic nitrogens is 1.